The second-order valence-corrected chi connectivity index (χ2v) is 3.34. The molecule has 0 aliphatic rings. The summed E-state index contributed by atoms with van der Waals surface area (Å²) in [4.78, 5) is 1.81. The Labute approximate surface area is 88.7 Å². The number of phenolic OH excluding ortho intramolecular Hbond substituents is 1. The predicted octanol–water partition coefficient (Wildman–Crippen LogP) is 0.646. The first-order valence-electron chi connectivity index (χ1n) is 4.64. The Morgan fingerprint density at radius 3 is 2.40 bits per heavy atom. The molecule has 5 heteroatoms. The molecule has 0 spiro atoms. The first-order valence-corrected chi connectivity index (χ1v) is 4.64. The molecule has 0 atom stereocenters. The molecule has 15 heavy (non-hydrogen) atoms. The molecule has 0 amide bonds. The van der Waals surface area contributed by atoms with Gasteiger partial charge in [-0.1, -0.05) is 0 Å². The largest absolute Gasteiger partial charge is 0.506 e. The molecule has 1 aromatic rings. The van der Waals surface area contributed by atoms with Gasteiger partial charge in [-0.05, 0) is 12.1 Å². The molecule has 0 saturated heterocycles. The molecule has 0 bridgehead atoms. The summed E-state index contributed by atoms with van der Waals surface area (Å²) in [7, 11) is 3.25. The van der Waals surface area contributed by atoms with E-state index in [0.29, 0.717) is 12.2 Å². The highest BCUT2D eigenvalue weighted by Crippen LogP contribution is 2.29. The maximum absolute atomic E-state index is 9.59. The highest BCUT2D eigenvalue weighted by molar-refractivity contribution is 5.63. The van der Waals surface area contributed by atoms with Crippen LogP contribution in [-0.2, 0) is 0 Å². The monoisotopic (exact) mass is 212 g/mol. The SMILES string of the molecule is CN(O)c1ccc(N(C)CCO)cc1O. The second kappa shape index (κ2) is 4.86. The molecule has 0 aromatic heterocycles. The Morgan fingerprint density at radius 2 is 1.93 bits per heavy atom. The summed E-state index contributed by atoms with van der Waals surface area (Å²) in [5.74, 6) is 0.00212. The lowest BCUT2D eigenvalue weighted by atomic mass is 10.2. The third-order valence-electron chi connectivity index (χ3n) is 2.18. The van der Waals surface area contributed by atoms with Crippen molar-refractivity contribution in [2.75, 3.05) is 37.2 Å². The van der Waals surface area contributed by atoms with Crippen LogP contribution in [0, 0.1) is 0 Å². The van der Waals surface area contributed by atoms with Crippen molar-refractivity contribution < 1.29 is 15.4 Å². The Bertz CT molecular complexity index is 328. The van der Waals surface area contributed by atoms with Gasteiger partial charge in [-0.15, -0.1) is 0 Å². The van der Waals surface area contributed by atoms with Crippen LogP contribution in [0.15, 0.2) is 18.2 Å². The Balaban J connectivity index is 2.91. The number of hydroxylamine groups is 1. The summed E-state index contributed by atoms with van der Waals surface area (Å²) in [6.45, 7) is 0.548. The minimum atomic E-state index is 0.00212. The van der Waals surface area contributed by atoms with Crippen molar-refractivity contribution >= 4 is 11.4 Å². The van der Waals surface area contributed by atoms with E-state index in [1.807, 2.05) is 7.05 Å². The van der Waals surface area contributed by atoms with Crippen LogP contribution in [0.25, 0.3) is 0 Å². The van der Waals surface area contributed by atoms with Crippen LogP contribution in [0.4, 0.5) is 11.4 Å². The van der Waals surface area contributed by atoms with E-state index >= 15 is 0 Å². The van der Waals surface area contributed by atoms with Crippen LogP contribution in [0.3, 0.4) is 0 Å². The number of aliphatic hydroxyl groups excluding tert-OH is 1. The smallest absolute Gasteiger partial charge is 0.143 e. The number of rotatable bonds is 4. The van der Waals surface area contributed by atoms with Gasteiger partial charge < -0.3 is 15.1 Å². The van der Waals surface area contributed by atoms with Crippen molar-refractivity contribution in [3.63, 3.8) is 0 Å². The number of hydrogen-bond acceptors (Lipinski definition) is 5. The van der Waals surface area contributed by atoms with Crippen LogP contribution < -0.4 is 9.96 Å². The number of anilines is 2. The zero-order valence-corrected chi connectivity index (χ0v) is 8.88. The van der Waals surface area contributed by atoms with E-state index in [1.165, 1.54) is 13.1 Å². The van der Waals surface area contributed by atoms with E-state index in [2.05, 4.69) is 0 Å². The summed E-state index contributed by atoms with van der Waals surface area (Å²) >= 11 is 0. The molecule has 1 rings (SSSR count). The van der Waals surface area contributed by atoms with Gasteiger partial charge in [0.05, 0.1) is 6.61 Å². The van der Waals surface area contributed by atoms with Gasteiger partial charge in [0.2, 0.25) is 0 Å². The average molecular weight is 212 g/mol. The van der Waals surface area contributed by atoms with Gasteiger partial charge in [0.25, 0.3) is 0 Å². The van der Waals surface area contributed by atoms with Gasteiger partial charge in [-0.3, -0.25) is 10.3 Å². The number of benzene rings is 1. The Kier molecular flexibility index (Phi) is 3.76. The van der Waals surface area contributed by atoms with E-state index in [-0.39, 0.29) is 12.4 Å². The van der Waals surface area contributed by atoms with Crippen molar-refractivity contribution in [3.05, 3.63) is 18.2 Å². The molecule has 0 saturated carbocycles. The maximum atomic E-state index is 9.59. The van der Waals surface area contributed by atoms with Crippen LogP contribution >= 0.6 is 0 Å². The Hall–Kier alpha value is -1.46. The van der Waals surface area contributed by atoms with Crippen LogP contribution in [0.5, 0.6) is 5.75 Å². The minimum absolute atomic E-state index is 0.00212. The lowest BCUT2D eigenvalue weighted by Gasteiger charge is -2.20. The van der Waals surface area contributed by atoms with Crippen LogP contribution in [0.2, 0.25) is 0 Å². The predicted molar refractivity (Wildman–Crippen MR) is 58.7 cm³/mol. The first-order chi connectivity index (χ1) is 7.06. The second-order valence-electron chi connectivity index (χ2n) is 3.34. The maximum Gasteiger partial charge on any atom is 0.143 e. The molecule has 0 fully saturated rings. The third kappa shape index (κ3) is 2.74. The standard InChI is InChI=1S/C10H16N2O3/c1-11(5-6-13)8-3-4-9(12(2)15)10(14)7-8/h3-4,7,13-15H,5-6H2,1-2H3. The molecule has 0 unspecified atom stereocenters. The molecule has 0 aliphatic heterocycles. The van der Waals surface area contributed by atoms with Crippen molar-refractivity contribution in [1.29, 1.82) is 0 Å². The summed E-state index contributed by atoms with van der Waals surface area (Å²) in [5.41, 5.74) is 1.13. The molecule has 5 nitrogen and oxygen atoms in total. The quantitative estimate of drug-likeness (QED) is 0.639. The fraction of sp³-hybridized carbons (Fsp3) is 0.400. The number of aliphatic hydroxyl groups is 1. The first kappa shape index (κ1) is 11.6. The van der Waals surface area contributed by atoms with Gasteiger partial charge in [-0.2, -0.15) is 0 Å². The zero-order valence-electron chi connectivity index (χ0n) is 8.88. The molecular weight excluding hydrogens is 196 g/mol. The van der Waals surface area contributed by atoms with Crippen molar-refractivity contribution in [3.8, 4) is 5.75 Å². The number of hydrogen-bond donors (Lipinski definition) is 3. The molecule has 1 aromatic carbocycles. The van der Waals surface area contributed by atoms with E-state index in [9.17, 15) is 5.11 Å². The molecule has 0 heterocycles. The molecule has 0 radical (unpaired) electrons. The minimum Gasteiger partial charge on any atom is -0.506 e. The fourth-order valence-electron chi connectivity index (χ4n) is 1.30. The summed E-state index contributed by atoms with van der Waals surface area (Å²) in [6.07, 6.45) is 0. The number of likely N-dealkylation sites (N-methyl/N-ethyl adjacent to an activating group) is 1. The van der Waals surface area contributed by atoms with Crippen LogP contribution in [-0.4, -0.2) is 42.7 Å². The highest BCUT2D eigenvalue weighted by atomic mass is 16.5. The lowest BCUT2D eigenvalue weighted by Crippen LogP contribution is -2.21. The van der Waals surface area contributed by atoms with E-state index in [0.717, 1.165) is 10.8 Å². The van der Waals surface area contributed by atoms with E-state index in [4.69, 9.17) is 10.3 Å². The zero-order chi connectivity index (χ0) is 11.4. The number of aromatic hydroxyl groups is 1. The highest BCUT2D eigenvalue weighted by Gasteiger charge is 2.07. The molecule has 84 valence electrons. The average Bonchev–Trinajstić information content (AvgIpc) is 2.17. The third-order valence-corrected chi connectivity index (χ3v) is 2.18. The number of phenols is 1. The lowest BCUT2D eigenvalue weighted by molar-refractivity contribution is 0.275. The van der Waals surface area contributed by atoms with E-state index in [1.54, 1.807) is 17.0 Å². The van der Waals surface area contributed by atoms with Gasteiger partial charge >= 0.3 is 0 Å². The summed E-state index contributed by atoms with van der Waals surface area (Å²) in [5, 5.41) is 28.4. The van der Waals surface area contributed by atoms with Gasteiger partial charge in [0.15, 0.2) is 0 Å². The molecular formula is C10H16N2O3. The van der Waals surface area contributed by atoms with E-state index < -0.39 is 0 Å². The Morgan fingerprint density at radius 1 is 1.27 bits per heavy atom. The van der Waals surface area contributed by atoms with Crippen molar-refractivity contribution in [2.45, 2.75) is 0 Å². The van der Waals surface area contributed by atoms with Crippen LogP contribution in [0.1, 0.15) is 0 Å². The van der Waals surface area contributed by atoms with Crippen molar-refractivity contribution in [1.82, 2.24) is 0 Å². The summed E-state index contributed by atoms with van der Waals surface area (Å²) in [6, 6.07) is 4.91. The normalized spacial score (nSPS) is 10.1. The molecule has 3 N–H and O–H groups in total. The van der Waals surface area contributed by atoms with Gasteiger partial charge in [0.1, 0.15) is 11.4 Å². The van der Waals surface area contributed by atoms with Gasteiger partial charge in [-0.25, -0.2) is 0 Å². The van der Waals surface area contributed by atoms with Gasteiger partial charge in [0, 0.05) is 32.4 Å². The number of nitrogens with zero attached hydrogens (tertiary/aromatic N) is 2. The topological polar surface area (TPSA) is 67.2 Å². The molecule has 0 aliphatic carbocycles. The summed E-state index contributed by atoms with van der Waals surface area (Å²) < 4.78 is 0. The van der Waals surface area contributed by atoms with Crippen molar-refractivity contribution in [2.24, 2.45) is 0 Å². The fourth-order valence-corrected chi connectivity index (χ4v) is 1.30.